The molecule has 4 heterocycles. The molecule has 32 heavy (non-hydrogen) atoms. The van der Waals surface area contributed by atoms with Gasteiger partial charge in [-0.05, 0) is 75.1 Å². The number of imidazole rings is 1. The number of hydrogen-bond donors (Lipinski definition) is 1. The second-order valence-electron chi connectivity index (χ2n) is 8.57. The minimum Gasteiger partial charge on any atom is -0.368 e. The highest BCUT2D eigenvalue weighted by atomic mass is 19.1. The van der Waals surface area contributed by atoms with E-state index < -0.39 is 0 Å². The molecule has 4 aromatic rings. The fourth-order valence-corrected chi connectivity index (χ4v) is 4.41. The summed E-state index contributed by atoms with van der Waals surface area (Å²) in [7, 11) is 0. The van der Waals surface area contributed by atoms with Gasteiger partial charge < -0.3 is 10.2 Å². The van der Waals surface area contributed by atoms with Crippen LogP contribution in [0.4, 0.5) is 16.0 Å². The van der Waals surface area contributed by atoms with Crippen LogP contribution in [0.1, 0.15) is 44.7 Å². The number of hydrogen-bond acceptors (Lipinski definition) is 5. The summed E-state index contributed by atoms with van der Waals surface area (Å²) in [4.78, 5) is 11.6. The van der Waals surface area contributed by atoms with E-state index in [0.29, 0.717) is 6.04 Å². The summed E-state index contributed by atoms with van der Waals surface area (Å²) in [6.45, 7) is 5.06. The second-order valence-corrected chi connectivity index (χ2v) is 8.57. The summed E-state index contributed by atoms with van der Waals surface area (Å²) in [5, 5.41) is 8.30. The van der Waals surface area contributed by atoms with Crippen LogP contribution in [0.3, 0.4) is 0 Å². The molecule has 0 radical (unpaired) electrons. The van der Waals surface area contributed by atoms with E-state index in [-0.39, 0.29) is 11.9 Å². The Kier molecular flexibility index (Phi) is 5.47. The molecular weight excluding hydrogens is 403 g/mol. The van der Waals surface area contributed by atoms with Gasteiger partial charge in [-0.15, -0.1) is 5.10 Å². The molecule has 5 rings (SSSR count). The summed E-state index contributed by atoms with van der Waals surface area (Å²) in [5.74, 6) is 1.49. The van der Waals surface area contributed by atoms with Crippen LogP contribution >= 0.6 is 0 Å². The fourth-order valence-electron chi connectivity index (χ4n) is 4.41. The van der Waals surface area contributed by atoms with E-state index in [1.54, 1.807) is 12.1 Å². The van der Waals surface area contributed by atoms with Gasteiger partial charge in [-0.2, -0.15) is 0 Å². The van der Waals surface area contributed by atoms with Crippen molar-refractivity contribution in [3.8, 4) is 11.4 Å². The molecule has 1 saturated heterocycles. The van der Waals surface area contributed by atoms with Gasteiger partial charge in [-0.25, -0.2) is 18.9 Å². The predicted molar refractivity (Wildman–Crippen MR) is 125 cm³/mol. The third-order valence-electron chi connectivity index (χ3n) is 5.83. The van der Waals surface area contributed by atoms with Crippen LogP contribution in [0.15, 0.2) is 60.8 Å². The lowest BCUT2D eigenvalue weighted by Crippen LogP contribution is -2.34. The molecule has 7 heteroatoms. The van der Waals surface area contributed by atoms with E-state index in [9.17, 15) is 4.39 Å². The zero-order valence-electron chi connectivity index (χ0n) is 18.4. The van der Waals surface area contributed by atoms with Crippen LogP contribution in [0, 0.1) is 5.82 Å². The van der Waals surface area contributed by atoms with E-state index in [2.05, 4.69) is 29.0 Å². The molecule has 3 aromatic heterocycles. The van der Waals surface area contributed by atoms with Gasteiger partial charge in [0.25, 0.3) is 0 Å². The topological polar surface area (TPSA) is 58.4 Å². The minimum absolute atomic E-state index is 0.105. The lowest BCUT2D eigenvalue weighted by Gasteiger charge is -2.37. The van der Waals surface area contributed by atoms with Crippen molar-refractivity contribution in [2.75, 3.05) is 16.8 Å². The van der Waals surface area contributed by atoms with Crippen LogP contribution in [-0.4, -0.2) is 32.2 Å². The highest BCUT2D eigenvalue weighted by molar-refractivity contribution is 5.62. The molecule has 6 nitrogen and oxygen atoms in total. The maximum atomic E-state index is 13.9. The van der Waals surface area contributed by atoms with Crippen molar-refractivity contribution in [1.29, 1.82) is 0 Å². The van der Waals surface area contributed by atoms with Crippen molar-refractivity contribution in [3.05, 3.63) is 72.2 Å². The number of rotatable bonds is 5. The first kappa shape index (κ1) is 20.4. The standard InChI is InChI=1S/C25H27FN6/c1-17(2)28-23-11-6-9-20(29-23)22-16-27-24-12-13-25(30-32(22)24)31-14-4-3-10-21(31)18-7-5-8-19(26)15-18/h5-9,11-13,15-17,21H,3-4,10,14H2,1-2H3,(H,28,29). The first-order valence-electron chi connectivity index (χ1n) is 11.2. The number of benzene rings is 1. The van der Waals surface area contributed by atoms with Crippen molar-refractivity contribution in [1.82, 2.24) is 19.6 Å². The maximum absolute atomic E-state index is 13.9. The number of nitrogens with one attached hydrogen (secondary N) is 1. The van der Waals surface area contributed by atoms with Crippen LogP contribution in [0.5, 0.6) is 0 Å². The maximum Gasteiger partial charge on any atom is 0.154 e. The SMILES string of the molecule is CC(C)Nc1cccc(-c2cnc3ccc(N4CCCCC4c4cccc(F)c4)nn23)n1. The van der Waals surface area contributed by atoms with Crippen LogP contribution < -0.4 is 10.2 Å². The summed E-state index contributed by atoms with van der Waals surface area (Å²) in [5.41, 5.74) is 3.42. The summed E-state index contributed by atoms with van der Waals surface area (Å²) >= 11 is 0. The molecule has 0 saturated carbocycles. The normalized spacial score (nSPS) is 16.6. The van der Waals surface area contributed by atoms with Crippen LogP contribution in [0.25, 0.3) is 17.0 Å². The molecule has 1 aromatic carbocycles. The number of anilines is 2. The monoisotopic (exact) mass is 430 g/mol. The number of nitrogens with zero attached hydrogens (tertiary/aromatic N) is 5. The molecule has 1 N–H and O–H groups in total. The number of piperidine rings is 1. The molecule has 0 amide bonds. The molecule has 0 spiro atoms. The number of pyridine rings is 1. The molecule has 1 fully saturated rings. The van der Waals surface area contributed by atoms with Gasteiger partial charge in [-0.1, -0.05) is 18.2 Å². The third-order valence-corrected chi connectivity index (χ3v) is 5.83. The Labute approximate surface area is 187 Å². The first-order valence-corrected chi connectivity index (χ1v) is 11.2. The Morgan fingerprint density at radius 3 is 2.78 bits per heavy atom. The van der Waals surface area contributed by atoms with Crippen molar-refractivity contribution < 1.29 is 4.39 Å². The smallest absolute Gasteiger partial charge is 0.154 e. The summed E-state index contributed by atoms with van der Waals surface area (Å²) in [6, 6.07) is 17.2. The molecule has 1 atom stereocenters. The lowest BCUT2D eigenvalue weighted by atomic mass is 9.95. The second kappa shape index (κ2) is 8.57. The van der Waals surface area contributed by atoms with E-state index in [1.807, 2.05) is 47.1 Å². The van der Waals surface area contributed by atoms with Crippen molar-refractivity contribution in [2.24, 2.45) is 0 Å². The Hall–Kier alpha value is -3.48. The zero-order valence-corrected chi connectivity index (χ0v) is 18.4. The van der Waals surface area contributed by atoms with E-state index in [0.717, 1.165) is 60.0 Å². The van der Waals surface area contributed by atoms with Gasteiger partial charge in [0.05, 0.1) is 17.9 Å². The highest BCUT2D eigenvalue weighted by Gasteiger charge is 2.26. The quantitative estimate of drug-likeness (QED) is 0.454. The fraction of sp³-hybridized carbons (Fsp3) is 0.320. The predicted octanol–water partition coefficient (Wildman–Crippen LogP) is 5.48. The molecule has 1 aliphatic heterocycles. The van der Waals surface area contributed by atoms with E-state index in [1.165, 1.54) is 6.07 Å². The molecule has 1 unspecified atom stereocenters. The highest BCUT2D eigenvalue weighted by Crippen LogP contribution is 2.34. The average molecular weight is 431 g/mol. The van der Waals surface area contributed by atoms with Crippen LogP contribution in [-0.2, 0) is 0 Å². The number of aromatic nitrogens is 4. The third kappa shape index (κ3) is 4.02. The number of fused-ring (bicyclic) bond motifs is 1. The lowest BCUT2D eigenvalue weighted by molar-refractivity contribution is 0.465. The molecule has 1 aliphatic rings. The van der Waals surface area contributed by atoms with Crippen molar-refractivity contribution in [3.63, 3.8) is 0 Å². The Morgan fingerprint density at radius 2 is 1.94 bits per heavy atom. The van der Waals surface area contributed by atoms with Gasteiger partial charge in [0.1, 0.15) is 23.1 Å². The minimum atomic E-state index is -0.200. The Bertz CT molecular complexity index is 1230. The van der Waals surface area contributed by atoms with Crippen molar-refractivity contribution in [2.45, 2.75) is 45.2 Å². The molecule has 164 valence electrons. The van der Waals surface area contributed by atoms with Gasteiger partial charge in [-0.3, -0.25) is 0 Å². The summed E-state index contributed by atoms with van der Waals surface area (Å²) < 4.78 is 15.8. The van der Waals surface area contributed by atoms with E-state index >= 15 is 0 Å². The first-order chi connectivity index (χ1) is 15.6. The van der Waals surface area contributed by atoms with Gasteiger partial charge in [0, 0.05) is 12.6 Å². The van der Waals surface area contributed by atoms with Gasteiger partial charge in [0.15, 0.2) is 5.65 Å². The largest absolute Gasteiger partial charge is 0.368 e. The summed E-state index contributed by atoms with van der Waals surface area (Å²) in [6.07, 6.45) is 5.00. The molecular formula is C25H27FN6. The van der Waals surface area contributed by atoms with Crippen LogP contribution in [0.2, 0.25) is 0 Å². The Balaban J connectivity index is 1.53. The zero-order chi connectivity index (χ0) is 22.1. The Morgan fingerprint density at radius 1 is 1.06 bits per heavy atom. The van der Waals surface area contributed by atoms with Gasteiger partial charge >= 0.3 is 0 Å². The molecule has 0 aliphatic carbocycles. The number of halogens is 1. The van der Waals surface area contributed by atoms with Gasteiger partial charge in [0.2, 0.25) is 0 Å². The van der Waals surface area contributed by atoms with E-state index in [4.69, 9.17) is 10.1 Å². The average Bonchev–Trinajstić information content (AvgIpc) is 3.22. The molecule has 0 bridgehead atoms. The van der Waals surface area contributed by atoms with Crippen molar-refractivity contribution >= 4 is 17.3 Å².